The number of nitriles is 1. The lowest BCUT2D eigenvalue weighted by Gasteiger charge is -2.38. The van der Waals surface area contributed by atoms with Gasteiger partial charge in [0.2, 0.25) is 5.91 Å². The minimum Gasteiger partial charge on any atom is -0.324 e. The van der Waals surface area contributed by atoms with Crippen LogP contribution in [0.5, 0.6) is 0 Å². The van der Waals surface area contributed by atoms with E-state index in [1.165, 1.54) is 11.0 Å². The molecule has 1 saturated carbocycles. The van der Waals surface area contributed by atoms with Crippen LogP contribution in [0.15, 0.2) is 47.5 Å². The molecule has 1 aliphatic heterocycles. The molecule has 1 heterocycles. The van der Waals surface area contributed by atoms with E-state index in [9.17, 15) is 22.8 Å². The molecule has 34 heavy (non-hydrogen) atoms. The van der Waals surface area contributed by atoms with Crippen LogP contribution < -0.4 is 5.32 Å². The van der Waals surface area contributed by atoms with Crippen molar-refractivity contribution < 1.29 is 22.8 Å². The molecule has 0 radical (unpaired) electrons. The first-order valence-electron chi connectivity index (χ1n) is 11.0. The molecule has 0 saturated heterocycles. The summed E-state index contributed by atoms with van der Waals surface area (Å²) in [5.74, 6) is -0.987. The van der Waals surface area contributed by atoms with Crippen molar-refractivity contribution in [1.82, 2.24) is 4.90 Å². The Hall–Kier alpha value is -3.67. The van der Waals surface area contributed by atoms with Gasteiger partial charge in [-0.25, -0.2) is 0 Å². The molecule has 6 nitrogen and oxygen atoms in total. The number of halogens is 3. The molecule has 2 amide bonds. The maximum atomic E-state index is 13.4. The molecular weight excluding hydrogens is 445 g/mol. The van der Waals surface area contributed by atoms with Gasteiger partial charge >= 0.3 is 6.18 Å². The summed E-state index contributed by atoms with van der Waals surface area (Å²) in [6, 6.07) is 11.7. The minimum atomic E-state index is -4.53. The van der Waals surface area contributed by atoms with E-state index in [-0.39, 0.29) is 17.9 Å². The smallest absolute Gasteiger partial charge is 0.324 e. The molecular formula is C25H23F3N4O2. The molecule has 1 aliphatic carbocycles. The number of hydrogen-bond acceptors (Lipinski definition) is 4. The zero-order valence-corrected chi connectivity index (χ0v) is 18.6. The monoisotopic (exact) mass is 468 g/mol. The second kappa shape index (κ2) is 8.93. The van der Waals surface area contributed by atoms with E-state index in [4.69, 9.17) is 10.3 Å². The number of rotatable bonds is 4. The minimum absolute atomic E-state index is 0.0531. The Balaban J connectivity index is 1.59. The summed E-state index contributed by atoms with van der Waals surface area (Å²) in [6.07, 6.45) is -0.622. The highest BCUT2D eigenvalue weighted by Gasteiger charge is 2.48. The molecule has 0 aromatic heterocycles. The molecule has 2 aromatic rings. The van der Waals surface area contributed by atoms with E-state index >= 15 is 0 Å². The molecule has 0 unspecified atom stereocenters. The first-order chi connectivity index (χ1) is 16.1. The lowest BCUT2D eigenvalue weighted by Crippen LogP contribution is -2.51. The number of aliphatic imine (C=N–C) groups is 1. The lowest BCUT2D eigenvalue weighted by molar-refractivity contribution is -0.137. The molecule has 2 aliphatic rings. The molecule has 2 aromatic carbocycles. The average molecular weight is 468 g/mol. The summed E-state index contributed by atoms with van der Waals surface area (Å²) in [5.41, 5.74) is 0.0720. The SMILES string of the molecule is Cc1ccc(C(F)(F)F)cc1NC(=O)CN1C(=O)C(c2ccc(C#N)cc2)=NC12CCCCC2. The highest BCUT2D eigenvalue weighted by Crippen LogP contribution is 2.39. The Labute approximate surface area is 195 Å². The van der Waals surface area contributed by atoms with Gasteiger partial charge < -0.3 is 10.2 Å². The predicted octanol–water partition coefficient (Wildman–Crippen LogP) is 4.82. The van der Waals surface area contributed by atoms with Crippen molar-refractivity contribution in [2.45, 2.75) is 50.9 Å². The van der Waals surface area contributed by atoms with Crippen molar-refractivity contribution in [2.75, 3.05) is 11.9 Å². The first kappa shape index (κ1) is 23.5. The van der Waals surface area contributed by atoms with E-state index in [1.54, 1.807) is 31.2 Å². The van der Waals surface area contributed by atoms with Crippen LogP contribution in [0.25, 0.3) is 0 Å². The summed E-state index contributed by atoms with van der Waals surface area (Å²) in [5, 5.41) is 11.6. The molecule has 1 N–H and O–H groups in total. The third-order valence-corrected chi connectivity index (χ3v) is 6.35. The summed E-state index contributed by atoms with van der Waals surface area (Å²) in [7, 11) is 0. The zero-order valence-electron chi connectivity index (χ0n) is 18.6. The van der Waals surface area contributed by atoms with E-state index < -0.39 is 29.2 Å². The summed E-state index contributed by atoms with van der Waals surface area (Å²) in [6.45, 7) is 1.28. The van der Waals surface area contributed by atoms with Gasteiger partial charge in [-0.2, -0.15) is 18.4 Å². The fraction of sp³-hybridized carbons (Fsp3) is 0.360. The van der Waals surface area contributed by atoms with Gasteiger partial charge in [0.25, 0.3) is 5.91 Å². The molecule has 1 spiro atoms. The van der Waals surface area contributed by atoms with Gasteiger partial charge in [-0.15, -0.1) is 0 Å². The third kappa shape index (κ3) is 4.53. The number of nitrogens with zero attached hydrogens (tertiary/aromatic N) is 3. The number of anilines is 1. The number of hydrogen-bond donors (Lipinski definition) is 1. The van der Waals surface area contributed by atoms with E-state index in [0.717, 1.165) is 31.4 Å². The number of benzene rings is 2. The number of carbonyl (C=O) groups is 2. The Morgan fingerprint density at radius 3 is 2.44 bits per heavy atom. The van der Waals surface area contributed by atoms with Crippen LogP contribution in [0.1, 0.15) is 54.4 Å². The lowest BCUT2D eigenvalue weighted by atomic mass is 9.88. The van der Waals surface area contributed by atoms with Crippen LogP contribution in [-0.2, 0) is 15.8 Å². The van der Waals surface area contributed by atoms with Crippen molar-refractivity contribution in [3.05, 3.63) is 64.7 Å². The second-order valence-corrected chi connectivity index (χ2v) is 8.66. The van der Waals surface area contributed by atoms with E-state index in [0.29, 0.717) is 29.5 Å². The van der Waals surface area contributed by atoms with Crippen molar-refractivity contribution >= 4 is 23.2 Å². The highest BCUT2D eigenvalue weighted by atomic mass is 19.4. The molecule has 4 rings (SSSR count). The van der Waals surface area contributed by atoms with Crippen LogP contribution in [-0.4, -0.2) is 34.6 Å². The average Bonchev–Trinajstić information content (AvgIpc) is 3.06. The third-order valence-electron chi connectivity index (χ3n) is 6.35. The number of carbonyl (C=O) groups excluding carboxylic acids is 2. The fourth-order valence-electron chi connectivity index (χ4n) is 4.51. The Kier molecular flexibility index (Phi) is 6.17. The van der Waals surface area contributed by atoms with Gasteiger partial charge in [-0.1, -0.05) is 24.6 Å². The molecule has 1 fully saturated rings. The van der Waals surface area contributed by atoms with Gasteiger partial charge in [0, 0.05) is 11.3 Å². The standard InChI is InChI=1S/C25H23F3N4O2/c1-16-5-10-19(25(26,27)28)13-20(16)30-21(33)15-32-23(34)22(18-8-6-17(14-29)7-9-18)31-24(32)11-3-2-4-12-24/h5-10,13H,2-4,11-12,15H2,1H3,(H,30,33). The molecule has 0 bridgehead atoms. The Bertz CT molecular complexity index is 1190. The highest BCUT2D eigenvalue weighted by molar-refractivity contribution is 6.47. The predicted molar refractivity (Wildman–Crippen MR) is 120 cm³/mol. The number of nitrogens with one attached hydrogen (secondary N) is 1. The Morgan fingerprint density at radius 1 is 1.15 bits per heavy atom. The second-order valence-electron chi connectivity index (χ2n) is 8.66. The Morgan fingerprint density at radius 2 is 1.82 bits per heavy atom. The number of amides is 2. The van der Waals surface area contributed by atoms with Crippen molar-refractivity contribution in [1.29, 1.82) is 5.26 Å². The maximum Gasteiger partial charge on any atom is 0.416 e. The van der Waals surface area contributed by atoms with Crippen LogP contribution in [0.3, 0.4) is 0 Å². The zero-order chi connectivity index (χ0) is 24.5. The van der Waals surface area contributed by atoms with Crippen molar-refractivity contribution in [3.8, 4) is 6.07 Å². The van der Waals surface area contributed by atoms with E-state index in [1.807, 2.05) is 6.07 Å². The molecule has 176 valence electrons. The van der Waals surface area contributed by atoms with Gasteiger partial charge in [0.05, 0.1) is 17.2 Å². The van der Waals surface area contributed by atoms with Gasteiger partial charge in [0.1, 0.15) is 17.9 Å². The summed E-state index contributed by atoms with van der Waals surface area (Å²) in [4.78, 5) is 32.5. The molecule has 0 atom stereocenters. The van der Waals surface area contributed by atoms with Crippen molar-refractivity contribution in [3.63, 3.8) is 0 Å². The van der Waals surface area contributed by atoms with Crippen molar-refractivity contribution in [2.24, 2.45) is 4.99 Å². The van der Waals surface area contributed by atoms with Crippen LogP contribution in [0.2, 0.25) is 0 Å². The summed E-state index contributed by atoms with van der Waals surface area (Å²) < 4.78 is 39.3. The number of aryl methyl sites for hydroxylation is 1. The maximum absolute atomic E-state index is 13.4. The quantitative estimate of drug-likeness (QED) is 0.698. The largest absolute Gasteiger partial charge is 0.416 e. The van der Waals surface area contributed by atoms with Gasteiger partial charge in [0.15, 0.2) is 0 Å². The number of alkyl halides is 3. The van der Waals surface area contributed by atoms with Gasteiger partial charge in [-0.05, 0) is 62.4 Å². The fourth-order valence-corrected chi connectivity index (χ4v) is 4.51. The van der Waals surface area contributed by atoms with Gasteiger partial charge in [-0.3, -0.25) is 14.6 Å². The topological polar surface area (TPSA) is 85.6 Å². The normalized spacial score (nSPS) is 17.4. The van der Waals surface area contributed by atoms with E-state index in [2.05, 4.69) is 5.32 Å². The first-order valence-corrected chi connectivity index (χ1v) is 11.0. The van der Waals surface area contributed by atoms with Crippen LogP contribution in [0.4, 0.5) is 18.9 Å². The van der Waals surface area contributed by atoms with Crippen LogP contribution in [0, 0.1) is 18.3 Å². The molecule has 9 heteroatoms. The van der Waals surface area contributed by atoms with Crippen LogP contribution >= 0.6 is 0 Å². The summed E-state index contributed by atoms with van der Waals surface area (Å²) >= 11 is 0.